The number of carbonyl (C=O) groups is 1. The quantitative estimate of drug-likeness (QED) is 0.477. The summed E-state index contributed by atoms with van der Waals surface area (Å²) in [6, 6.07) is 28.0. The van der Waals surface area contributed by atoms with Crippen LogP contribution < -0.4 is 15.4 Å². The van der Waals surface area contributed by atoms with Gasteiger partial charge in [-0.15, -0.1) is 0 Å². The van der Waals surface area contributed by atoms with Gasteiger partial charge in [-0.3, -0.25) is 5.32 Å². The van der Waals surface area contributed by atoms with Crippen LogP contribution in [0.3, 0.4) is 0 Å². The van der Waals surface area contributed by atoms with E-state index in [1.807, 2.05) is 54.6 Å². The highest BCUT2D eigenvalue weighted by Crippen LogP contribution is 2.22. The molecule has 0 aliphatic heterocycles. The molecule has 1 heterocycles. The van der Waals surface area contributed by atoms with Crippen LogP contribution in [0, 0.1) is 0 Å². The molecule has 0 radical (unpaired) electrons. The molecule has 0 bridgehead atoms. The van der Waals surface area contributed by atoms with Crippen LogP contribution in [0.2, 0.25) is 0 Å². The molecule has 0 unspecified atom stereocenters. The minimum absolute atomic E-state index is 0.487. The molecule has 0 spiro atoms. The van der Waals surface area contributed by atoms with E-state index in [1.54, 1.807) is 36.4 Å². The van der Waals surface area contributed by atoms with Crippen LogP contribution in [0.4, 0.5) is 22.0 Å². The first-order chi connectivity index (χ1) is 14.3. The van der Waals surface area contributed by atoms with Crippen LogP contribution in [0.5, 0.6) is 5.75 Å². The third-order valence-electron chi connectivity index (χ3n) is 4.09. The number of aromatic nitrogens is 2. The molecule has 0 fully saturated rings. The van der Waals surface area contributed by atoms with Gasteiger partial charge in [-0.05, 0) is 36.4 Å². The van der Waals surface area contributed by atoms with Gasteiger partial charge in [0.25, 0.3) is 0 Å². The summed E-state index contributed by atoms with van der Waals surface area (Å²) < 4.78 is 5.22. The lowest BCUT2D eigenvalue weighted by Gasteiger charge is -2.09. The molecule has 6 nitrogen and oxygen atoms in total. The topological polar surface area (TPSA) is 76.1 Å². The molecule has 0 saturated heterocycles. The lowest BCUT2D eigenvalue weighted by molar-refractivity contribution is 0.215. The highest BCUT2D eigenvalue weighted by molar-refractivity contribution is 5.86. The van der Waals surface area contributed by atoms with Crippen LogP contribution in [0.25, 0.3) is 11.3 Å². The van der Waals surface area contributed by atoms with E-state index in [0.29, 0.717) is 17.3 Å². The summed E-state index contributed by atoms with van der Waals surface area (Å²) in [6.45, 7) is 0. The maximum absolute atomic E-state index is 12.0. The van der Waals surface area contributed by atoms with Gasteiger partial charge in [0.05, 0.1) is 5.69 Å². The molecule has 1 amide bonds. The molecule has 29 heavy (non-hydrogen) atoms. The van der Waals surface area contributed by atoms with Crippen molar-refractivity contribution >= 4 is 23.3 Å². The average Bonchev–Trinajstić information content (AvgIpc) is 2.77. The van der Waals surface area contributed by atoms with E-state index in [1.165, 1.54) is 6.33 Å². The van der Waals surface area contributed by atoms with Crippen LogP contribution >= 0.6 is 0 Å². The largest absolute Gasteiger partial charge is 0.417 e. The molecule has 0 atom stereocenters. The molecule has 4 aromatic rings. The first-order valence-corrected chi connectivity index (χ1v) is 9.05. The Labute approximate surface area is 168 Å². The second-order valence-electron chi connectivity index (χ2n) is 6.18. The molecule has 3 aromatic carbocycles. The number of nitrogens with one attached hydrogen (secondary N) is 2. The molecular weight excluding hydrogens is 364 g/mol. The normalized spacial score (nSPS) is 10.2. The molecular formula is C23H18N4O2. The molecule has 0 aliphatic carbocycles. The Morgan fingerprint density at radius 3 is 2.14 bits per heavy atom. The summed E-state index contributed by atoms with van der Waals surface area (Å²) >= 11 is 0. The van der Waals surface area contributed by atoms with Crippen molar-refractivity contribution in [1.82, 2.24) is 9.97 Å². The summed E-state index contributed by atoms with van der Waals surface area (Å²) in [6.07, 6.45) is 0.986. The Hall–Kier alpha value is -4.19. The highest BCUT2D eigenvalue weighted by atomic mass is 16.6. The van der Waals surface area contributed by atoms with Gasteiger partial charge in [-0.1, -0.05) is 48.5 Å². The minimum Gasteiger partial charge on any atom is -0.410 e. The molecule has 6 heteroatoms. The maximum Gasteiger partial charge on any atom is 0.417 e. The molecule has 0 aliphatic rings. The van der Waals surface area contributed by atoms with Gasteiger partial charge in [-0.2, -0.15) is 0 Å². The molecule has 0 saturated carbocycles. The Morgan fingerprint density at radius 1 is 0.759 bits per heavy atom. The number of rotatable bonds is 5. The number of hydrogen-bond donors (Lipinski definition) is 2. The van der Waals surface area contributed by atoms with E-state index in [4.69, 9.17) is 4.74 Å². The summed E-state index contributed by atoms with van der Waals surface area (Å²) in [7, 11) is 0. The predicted molar refractivity (Wildman–Crippen MR) is 113 cm³/mol. The van der Waals surface area contributed by atoms with Crippen molar-refractivity contribution in [1.29, 1.82) is 0 Å². The first kappa shape index (κ1) is 18.2. The number of benzene rings is 3. The third-order valence-corrected chi connectivity index (χ3v) is 4.09. The van der Waals surface area contributed by atoms with Crippen LogP contribution in [-0.2, 0) is 0 Å². The van der Waals surface area contributed by atoms with Crippen molar-refractivity contribution in [2.45, 2.75) is 0 Å². The van der Waals surface area contributed by atoms with E-state index in [-0.39, 0.29) is 0 Å². The zero-order chi connectivity index (χ0) is 19.9. The second kappa shape index (κ2) is 8.67. The summed E-state index contributed by atoms with van der Waals surface area (Å²) in [4.78, 5) is 20.5. The minimum atomic E-state index is -0.541. The molecule has 2 N–H and O–H groups in total. The van der Waals surface area contributed by atoms with Crippen LogP contribution in [-0.4, -0.2) is 16.1 Å². The van der Waals surface area contributed by atoms with Gasteiger partial charge >= 0.3 is 6.09 Å². The summed E-state index contributed by atoms with van der Waals surface area (Å²) in [5, 5.41) is 5.94. The van der Waals surface area contributed by atoms with Gasteiger partial charge in [0, 0.05) is 23.0 Å². The number of nitrogens with zero attached hydrogens (tertiary/aromatic N) is 2. The smallest absolute Gasteiger partial charge is 0.410 e. The summed E-state index contributed by atoms with van der Waals surface area (Å²) in [5.74, 6) is 1.17. The first-order valence-electron chi connectivity index (χ1n) is 9.05. The van der Waals surface area contributed by atoms with Gasteiger partial charge in [0.1, 0.15) is 17.9 Å². The average molecular weight is 382 g/mol. The summed E-state index contributed by atoms with van der Waals surface area (Å²) in [5.41, 5.74) is 3.33. The van der Waals surface area contributed by atoms with Gasteiger partial charge in [-0.25, -0.2) is 14.8 Å². The lowest BCUT2D eigenvalue weighted by atomic mass is 10.1. The number of carbonyl (C=O) groups excluding carboxylic acids is 1. The number of para-hydroxylation sites is 1. The van der Waals surface area contributed by atoms with Crippen molar-refractivity contribution < 1.29 is 9.53 Å². The second-order valence-corrected chi connectivity index (χ2v) is 6.18. The van der Waals surface area contributed by atoms with Crippen molar-refractivity contribution in [3.63, 3.8) is 0 Å². The zero-order valence-corrected chi connectivity index (χ0v) is 15.4. The van der Waals surface area contributed by atoms with Gasteiger partial charge < -0.3 is 10.1 Å². The Balaban J connectivity index is 1.39. The Bertz CT molecular complexity index is 1080. The zero-order valence-electron chi connectivity index (χ0n) is 15.4. The standard InChI is InChI=1S/C23H18N4O2/c28-23(29-20-9-5-2-6-10-20)27-19-13-11-18(12-14-19)26-22-15-21(24-16-25-22)17-7-3-1-4-8-17/h1-16H,(H,27,28)(H,24,25,26). The Morgan fingerprint density at radius 2 is 1.41 bits per heavy atom. The molecule has 4 rings (SSSR count). The van der Waals surface area contributed by atoms with Gasteiger partial charge in [0.2, 0.25) is 0 Å². The van der Waals surface area contributed by atoms with Crippen molar-refractivity contribution in [3.05, 3.63) is 97.3 Å². The number of amides is 1. The van der Waals surface area contributed by atoms with E-state index in [2.05, 4.69) is 20.6 Å². The fourth-order valence-corrected chi connectivity index (χ4v) is 2.72. The fraction of sp³-hybridized carbons (Fsp3) is 0. The number of anilines is 3. The van der Waals surface area contributed by atoms with Crippen molar-refractivity contribution in [2.75, 3.05) is 10.6 Å². The number of hydrogen-bond acceptors (Lipinski definition) is 5. The maximum atomic E-state index is 12.0. The van der Waals surface area contributed by atoms with Crippen LogP contribution in [0.15, 0.2) is 97.3 Å². The highest BCUT2D eigenvalue weighted by Gasteiger charge is 2.06. The van der Waals surface area contributed by atoms with Crippen LogP contribution in [0.1, 0.15) is 0 Å². The third kappa shape index (κ3) is 4.95. The SMILES string of the molecule is O=C(Nc1ccc(Nc2cc(-c3ccccc3)ncn2)cc1)Oc1ccccc1. The predicted octanol–water partition coefficient (Wildman–Crippen LogP) is 5.50. The molecule has 142 valence electrons. The van der Waals surface area contributed by atoms with Crippen molar-refractivity contribution in [3.8, 4) is 17.0 Å². The molecule has 1 aromatic heterocycles. The Kier molecular flexibility index (Phi) is 5.43. The monoisotopic (exact) mass is 382 g/mol. The fourth-order valence-electron chi connectivity index (χ4n) is 2.72. The van der Waals surface area contributed by atoms with E-state index in [9.17, 15) is 4.79 Å². The van der Waals surface area contributed by atoms with E-state index < -0.39 is 6.09 Å². The van der Waals surface area contributed by atoms with Crippen molar-refractivity contribution in [2.24, 2.45) is 0 Å². The lowest BCUT2D eigenvalue weighted by Crippen LogP contribution is -2.16. The van der Waals surface area contributed by atoms with E-state index >= 15 is 0 Å². The number of ether oxygens (including phenoxy) is 1. The van der Waals surface area contributed by atoms with Gasteiger partial charge in [0.15, 0.2) is 0 Å². The van der Waals surface area contributed by atoms with E-state index in [0.717, 1.165) is 16.9 Å².